The molecule has 4 heterocycles. The molecule has 0 unspecified atom stereocenters. The number of anilines is 3. The Kier molecular flexibility index (Phi) is 8.05. The van der Waals surface area contributed by atoms with Crippen LogP contribution in [0.1, 0.15) is 36.1 Å². The number of rotatable bonds is 8. The van der Waals surface area contributed by atoms with Crippen LogP contribution in [-0.4, -0.2) is 105 Å². The fraction of sp³-hybridized carbons (Fsp3) is 0.500. The van der Waals surface area contributed by atoms with E-state index in [1.807, 2.05) is 0 Å². The van der Waals surface area contributed by atoms with Crippen LogP contribution in [0.4, 0.5) is 17.5 Å². The zero-order valence-electron chi connectivity index (χ0n) is 23.8. The highest BCUT2D eigenvalue weighted by atomic mass is 35.5. The van der Waals surface area contributed by atoms with Crippen molar-refractivity contribution in [1.82, 2.24) is 40.0 Å². The number of aromatic nitrogens is 4. The van der Waals surface area contributed by atoms with Crippen molar-refractivity contribution in [2.24, 2.45) is 0 Å². The number of hydrogen-bond donors (Lipinski definition) is 5. The minimum Gasteiger partial charge on any atom is -0.389 e. The number of piperidine rings is 1. The molecule has 14 nitrogen and oxygen atoms in total. The molecule has 0 spiro atoms. The number of halogens is 1. The van der Waals surface area contributed by atoms with Gasteiger partial charge in [-0.1, -0.05) is 11.6 Å². The van der Waals surface area contributed by atoms with Gasteiger partial charge in [-0.2, -0.15) is 20.0 Å². The van der Waals surface area contributed by atoms with Crippen LogP contribution in [0, 0.1) is 22.7 Å². The number of likely N-dealkylation sites (N-methyl/N-ethyl adjacent to an activating group) is 1. The maximum atomic E-state index is 13.4. The summed E-state index contributed by atoms with van der Waals surface area (Å²) in [6, 6.07) is 7.71. The Hall–Kier alpha value is -4.05. The summed E-state index contributed by atoms with van der Waals surface area (Å²) in [5, 5.41) is 48.3. The van der Waals surface area contributed by atoms with Crippen molar-refractivity contribution >= 4 is 40.6 Å². The smallest absolute Gasteiger partial charge is 0.247 e. The van der Waals surface area contributed by atoms with Crippen molar-refractivity contribution in [2.45, 2.75) is 36.9 Å². The first-order valence-corrected chi connectivity index (χ1v) is 14.7. The fourth-order valence-corrected chi connectivity index (χ4v) is 5.97. The van der Waals surface area contributed by atoms with Crippen molar-refractivity contribution in [2.75, 3.05) is 63.5 Å². The van der Waals surface area contributed by atoms with E-state index in [1.54, 1.807) is 12.1 Å². The fourth-order valence-electron chi connectivity index (χ4n) is 5.64. The number of amides is 1. The van der Waals surface area contributed by atoms with E-state index in [9.17, 15) is 20.4 Å². The Morgan fingerprint density at radius 3 is 2.72 bits per heavy atom. The van der Waals surface area contributed by atoms with Gasteiger partial charge >= 0.3 is 0 Å². The number of benzene rings is 1. The molecule has 3 aliphatic rings. The third-order valence-electron chi connectivity index (χ3n) is 8.25. The molecule has 0 radical (unpaired) electrons. The topological polar surface area (TPSA) is 183 Å². The van der Waals surface area contributed by atoms with Gasteiger partial charge in [0.05, 0.1) is 46.7 Å². The van der Waals surface area contributed by atoms with Crippen LogP contribution in [0.2, 0.25) is 5.02 Å². The summed E-state index contributed by atoms with van der Waals surface area (Å²) in [6.07, 6.45) is 2.78. The van der Waals surface area contributed by atoms with Crippen molar-refractivity contribution in [1.29, 1.82) is 10.5 Å². The van der Waals surface area contributed by atoms with E-state index in [-0.39, 0.29) is 47.3 Å². The van der Waals surface area contributed by atoms with Crippen LogP contribution in [0.5, 0.6) is 0 Å². The summed E-state index contributed by atoms with van der Waals surface area (Å²) in [5.41, 5.74) is 0.441. The molecule has 3 fully saturated rings. The lowest BCUT2D eigenvalue weighted by molar-refractivity contribution is -0.127. The van der Waals surface area contributed by atoms with Gasteiger partial charge in [0.2, 0.25) is 11.9 Å². The minimum atomic E-state index is -1.24. The minimum absolute atomic E-state index is 0.132. The van der Waals surface area contributed by atoms with E-state index in [4.69, 9.17) is 11.6 Å². The molecule has 6 rings (SSSR count). The second-order valence-electron chi connectivity index (χ2n) is 11.4. The van der Waals surface area contributed by atoms with Crippen molar-refractivity contribution in [3.05, 3.63) is 40.2 Å². The molecule has 2 atom stereocenters. The summed E-state index contributed by atoms with van der Waals surface area (Å²) in [5.74, 6) is 0.370. The van der Waals surface area contributed by atoms with Gasteiger partial charge in [0.15, 0.2) is 17.2 Å². The average Bonchev–Trinajstić information content (AvgIpc) is 3.72. The number of imidazole rings is 1. The Bertz CT molecular complexity index is 1620. The highest BCUT2D eigenvalue weighted by Gasteiger charge is 2.45. The number of aliphatic hydroxyl groups is 1. The average molecular weight is 605 g/mol. The van der Waals surface area contributed by atoms with Crippen LogP contribution < -0.4 is 21.3 Å². The second kappa shape index (κ2) is 11.9. The molecule has 43 heavy (non-hydrogen) atoms. The standard InChI is InChI=1S/C28H33ClN12O2/c1-39-6-8-40(9-7-39)16-23(43)37-28(4-5-32-15-22(28)42)20-10-17(12-30)11-21(24(20)29)35-27-36-25(34-18-2-3-18)26-33-14-19(13-31)41(26)38-27/h10-11,14,18,22,32,42H,2-9,15-16H2,1H3,(H,37,43)(H2,34,35,36,38)/t22-,28-/m1/s1. The maximum absolute atomic E-state index is 13.4. The van der Waals surface area contributed by atoms with Crippen molar-refractivity contribution < 1.29 is 9.90 Å². The molecule has 2 aliphatic heterocycles. The summed E-state index contributed by atoms with van der Waals surface area (Å²) >= 11 is 7.04. The number of piperazine rings is 1. The van der Waals surface area contributed by atoms with Gasteiger partial charge < -0.3 is 31.3 Å². The van der Waals surface area contributed by atoms with Crippen LogP contribution in [0.25, 0.3) is 5.65 Å². The summed E-state index contributed by atoms with van der Waals surface area (Å²) in [7, 11) is 2.05. The normalized spacial score (nSPS) is 23.0. The number of aliphatic hydroxyl groups excluding tert-OH is 1. The van der Waals surface area contributed by atoms with Gasteiger partial charge in [0.25, 0.3) is 0 Å². The van der Waals surface area contributed by atoms with Crippen LogP contribution >= 0.6 is 11.6 Å². The molecule has 1 aromatic carbocycles. The third kappa shape index (κ3) is 5.93. The van der Waals surface area contributed by atoms with Crippen molar-refractivity contribution in [3.8, 4) is 12.1 Å². The van der Waals surface area contributed by atoms with E-state index < -0.39 is 11.6 Å². The molecule has 15 heteroatoms. The lowest BCUT2D eigenvalue weighted by Gasteiger charge is -2.44. The van der Waals surface area contributed by atoms with E-state index in [1.165, 1.54) is 10.7 Å². The Morgan fingerprint density at radius 2 is 2.02 bits per heavy atom. The Balaban J connectivity index is 1.36. The molecule has 2 aromatic heterocycles. The lowest BCUT2D eigenvalue weighted by Crippen LogP contribution is -2.62. The first kappa shape index (κ1) is 29.0. The van der Waals surface area contributed by atoms with Gasteiger partial charge in [-0.25, -0.2) is 4.98 Å². The molecule has 1 aliphatic carbocycles. The van der Waals surface area contributed by atoms with Crippen LogP contribution in [0.3, 0.4) is 0 Å². The SMILES string of the molecule is CN1CCN(CC(=O)N[C@@]2(c3cc(C#N)cc(Nc4nc(NC5CC5)c5ncc(C#N)n5n4)c3Cl)CCNC[C@H]2O)CC1. The van der Waals surface area contributed by atoms with Gasteiger partial charge in [0.1, 0.15) is 6.07 Å². The highest BCUT2D eigenvalue weighted by molar-refractivity contribution is 6.34. The monoisotopic (exact) mass is 604 g/mol. The van der Waals surface area contributed by atoms with Crippen LogP contribution in [-0.2, 0) is 10.3 Å². The van der Waals surface area contributed by atoms with Crippen LogP contribution in [0.15, 0.2) is 18.3 Å². The molecule has 5 N–H and O–H groups in total. The molecular formula is C28H33ClN12O2. The molecule has 224 valence electrons. The van der Waals surface area contributed by atoms with Gasteiger partial charge in [-0.3, -0.25) is 9.69 Å². The zero-order chi connectivity index (χ0) is 30.1. The van der Waals surface area contributed by atoms with Crippen molar-refractivity contribution in [3.63, 3.8) is 0 Å². The molecule has 2 saturated heterocycles. The largest absolute Gasteiger partial charge is 0.389 e. The van der Waals surface area contributed by atoms with E-state index in [0.29, 0.717) is 35.7 Å². The van der Waals surface area contributed by atoms with E-state index in [0.717, 1.165) is 39.0 Å². The first-order chi connectivity index (χ1) is 20.8. The number of nitrogens with one attached hydrogen (secondary N) is 4. The lowest BCUT2D eigenvalue weighted by atomic mass is 9.78. The Morgan fingerprint density at radius 1 is 1.23 bits per heavy atom. The van der Waals surface area contributed by atoms with Gasteiger partial charge in [0, 0.05) is 44.3 Å². The quantitative estimate of drug-likeness (QED) is 0.244. The summed E-state index contributed by atoms with van der Waals surface area (Å²) in [4.78, 5) is 26.6. The zero-order valence-corrected chi connectivity index (χ0v) is 24.5. The van der Waals surface area contributed by atoms with Gasteiger partial charge in [-0.05, 0) is 45.0 Å². The number of carbonyl (C=O) groups is 1. The third-order valence-corrected chi connectivity index (χ3v) is 8.66. The summed E-state index contributed by atoms with van der Waals surface area (Å²) in [6.45, 7) is 4.23. The Labute approximate surface area is 253 Å². The number of β-amino-alcohol motifs (C(OH)–C–C–N with tert-alkyl or cyclic N) is 1. The molecule has 1 amide bonds. The predicted octanol–water partition coefficient (Wildman–Crippen LogP) is 0.752. The molecule has 3 aromatic rings. The number of hydrogen-bond acceptors (Lipinski definition) is 12. The molecular weight excluding hydrogens is 572 g/mol. The molecule has 0 bridgehead atoms. The van der Waals surface area contributed by atoms with Gasteiger partial charge in [-0.15, -0.1) is 5.10 Å². The maximum Gasteiger partial charge on any atom is 0.247 e. The predicted molar refractivity (Wildman–Crippen MR) is 159 cm³/mol. The second-order valence-corrected chi connectivity index (χ2v) is 11.8. The number of fused-ring (bicyclic) bond motifs is 1. The number of nitrogens with zero attached hydrogens (tertiary/aromatic N) is 8. The van der Waals surface area contributed by atoms with E-state index in [2.05, 4.69) is 65.3 Å². The first-order valence-electron chi connectivity index (χ1n) is 14.3. The number of carbonyl (C=O) groups excluding carboxylic acids is 1. The molecule has 1 saturated carbocycles. The number of nitriles is 2. The van der Waals surface area contributed by atoms with E-state index >= 15 is 0 Å². The highest BCUT2D eigenvalue weighted by Crippen LogP contribution is 2.41. The summed E-state index contributed by atoms with van der Waals surface area (Å²) < 4.78 is 1.40.